The summed E-state index contributed by atoms with van der Waals surface area (Å²) in [7, 11) is 1.63. The van der Waals surface area contributed by atoms with Crippen LogP contribution >= 0.6 is 0 Å². The Bertz CT molecular complexity index is 928. The SMILES string of the molecule is CCOc1ccccc1Nc1cnc(C(=O)NCCc2ccc(OC)cc2)cn1. The number of carbonyl (C=O) groups excluding carboxylic acids is 1. The molecule has 0 saturated carbocycles. The van der Waals surface area contributed by atoms with Crippen LogP contribution in [0.4, 0.5) is 11.5 Å². The van der Waals surface area contributed by atoms with Crippen LogP contribution in [0.5, 0.6) is 11.5 Å². The predicted molar refractivity (Wildman–Crippen MR) is 112 cm³/mol. The van der Waals surface area contributed by atoms with Crippen LogP contribution < -0.4 is 20.1 Å². The molecule has 0 atom stereocenters. The molecule has 1 amide bonds. The predicted octanol–water partition coefficient (Wildman–Crippen LogP) is 3.60. The van der Waals surface area contributed by atoms with Crippen LogP contribution in [0.25, 0.3) is 0 Å². The number of anilines is 2. The largest absolute Gasteiger partial charge is 0.497 e. The molecule has 0 aliphatic heterocycles. The molecular formula is C22H24N4O3. The number of carbonyl (C=O) groups is 1. The van der Waals surface area contributed by atoms with Gasteiger partial charge in [-0.05, 0) is 43.2 Å². The lowest BCUT2D eigenvalue weighted by Crippen LogP contribution is -2.26. The summed E-state index contributed by atoms with van der Waals surface area (Å²) in [6, 6.07) is 15.3. The number of amides is 1. The first-order chi connectivity index (χ1) is 14.2. The highest BCUT2D eigenvalue weighted by molar-refractivity contribution is 5.92. The van der Waals surface area contributed by atoms with Crippen molar-refractivity contribution in [2.45, 2.75) is 13.3 Å². The number of nitrogens with zero attached hydrogens (tertiary/aromatic N) is 2. The van der Waals surface area contributed by atoms with Crippen LogP contribution in [0.3, 0.4) is 0 Å². The first kappa shape index (κ1) is 20.1. The normalized spacial score (nSPS) is 10.3. The third kappa shape index (κ3) is 5.68. The monoisotopic (exact) mass is 392 g/mol. The number of aromatic nitrogens is 2. The molecule has 0 unspecified atom stereocenters. The summed E-state index contributed by atoms with van der Waals surface area (Å²) in [6.07, 6.45) is 3.70. The van der Waals surface area contributed by atoms with E-state index in [-0.39, 0.29) is 11.6 Å². The van der Waals surface area contributed by atoms with Gasteiger partial charge in [0.25, 0.3) is 5.91 Å². The average Bonchev–Trinajstić information content (AvgIpc) is 2.76. The quantitative estimate of drug-likeness (QED) is 0.579. The molecule has 1 heterocycles. The molecule has 0 fully saturated rings. The second-order valence-electron chi connectivity index (χ2n) is 6.20. The number of hydrogen-bond acceptors (Lipinski definition) is 6. The van der Waals surface area contributed by atoms with E-state index in [0.717, 1.165) is 29.2 Å². The number of hydrogen-bond donors (Lipinski definition) is 2. The highest BCUT2D eigenvalue weighted by atomic mass is 16.5. The molecule has 7 heteroatoms. The van der Waals surface area contributed by atoms with Gasteiger partial charge < -0.3 is 20.1 Å². The van der Waals surface area contributed by atoms with Crippen molar-refractivity contribution in [1.29, 1.82) is 0 Å². The van der Waals surface area contributed by atoms with Crippen LogP contribution in [0.2, 0.25) is 0 Å². The van der Waals surface area contributed by atoms with Gasteiger partial charge in [-0.15, -0.1) is 0 Å². The van der Waals surface area contributed by atoms with Crippen molar-refractivity contribution in [3.63, 3.8) is 0 Å². The number of para-hydroxylation sites is 2. The fraction of sp³-hybridized carbons (Fsp3) is 0.227. The Morgan fingerprint density at radius 1 is 1.03 bits per heavy atom. The molecule has 0 bridgehead atoms. The van der Waals surface area contributed by atoms with Crippen LogP contribution in [-0.4, -0.2) is 36.1 Å². The molecule has 150 valence electrons. The number of methoxy groups -OCH3 is 1. The lowest BCUT2D eigenvalue weighted by molar-refractivity contribution is 0.0949. The van der Waals surface area contributed by atoms with Gasteiger partial charge in [0, 0.05) is 6.54 Å². The molecule has 0 aliphatic rings. The minimum absolute atomic E-state index is 0.257. The van der Waals surface area contributed by atoms with Crippen molar-refractivity contribution >= 4 is 17.4 Å². The number of rotatable bonds is 9. The van der Waals surface area contributed by atoms with Gasteiger partial charge >= 0.3 is 0 Å². The van der Waals surface area contributed by atoms with Gasteiger partial charge in [0.1, 0.15) is 23.0 Å². The van der Waals surface area contributed by atoms with Crippen molar-refractivity contribution in [3.05, 3.63) is 72.2 Å². The molecule has 0 spiro atoms. The van der Waals surface area contributed by atoms with Crippen LogP contribution in [0, 0.1) is 0 Å². The highest BCUT2D eigenvalue weighted by Gasteiger charge is 2.09. The Kier molecular flexibility index (Phi) is 7.00. The maximum Gasteiger partial charge on any atom is 0.271 e. The third-order valence-corrected chi connectivity index (χ3v) is 4.19. The van der Waals surface area contributed by atoms with Crippen molar-refractivity contribution in [2.24, 2.45) is 0 Å². The maximum atomic E-state index is 12.3. The first-order valence-corrected chi connectivity index (χ1v) is 9.41. The Balaban J connectivity index is 1.53. The fourth-order valence-corrected chi connectivity index (χ4v) is 2.70. The van der Waals surface area contributed by atoms with E-state index in [0.29, 0.717) is 19.0 Å². The zero-order valence-electron chi connectivity index (χ0n) is 16.5. The number of nitrogens with one attached hydrogen (secondary N) is 2. The maximum absolute atomic E-state index is 12.3. The molecular weight excluding hydrogens is 368 g/mol. The Labute approximate surface area is 170 Å². The van der Waals surface area contributed by atoms with E-state index in [1.807, 2.05) is 55.5 Å². The van der Waals surface area contributed by atoms with Crippen LogP contribution in [-0.2, 0) is 6.42 Å². The summed E-state index contributed by atoms with van der Waals surface area (Å²) in [6.45, 7) is 3.01. The van der Waals surface area contributed by atoms with E-state index in [4.69, 9.17) is 9.47 Å². The van der Waals surface area contributed by atoms with Gasteiger partial charge in [0.2, 0.25) is 0 Å². The molecule has 2 aromatic carbocycles. The lowest BCUT2D eigenvalue weighted by atomic mass is 10.1. The van der Waals surface area contributed by atoms with Crippen molar-refractivity contribution in [3.8, 4) is 11.5 Å². The Hall–Kier alpha value is -3.61. The Morgan fingerprint density at radius 3 is 2.52 bits per heavy atom. The number of benzene rings is 2. The van der Waals surface area contributed by atoms with Crippen molar-refractivity contribution in [2.75, 3.05) is 25.6 Å². The van der Waals surface area contributed by atoms with E-state index < -0.39 is 0 Å². The summed E-state index contributed by atoms with van der Waals surface area (Å²) in [5, 5.41) is 6.01. The lowest BCUT2D eigenvalue weighted by Gasteiger charge is -2.11. The van der Waals surface area contributed by atoms with Crippen LogP contribution in [0.1, 0.15) is 23.0 Å². The summed E-state index contributed by atoms with van der Waals surface area (Å²) >= 11 is 0. The molecule has 1 aromatic heterocycles. The second-order valence-corrected chi connectivity index (χ2v) is 6.20. The van der Waals surface area contributed by atoms with Gasteiger partial charge in [-0.3, -0.25) is 4.79 Å². The topological polar surface area (TPSA) is 85.4 Å². The molecule has 0 saturated heterocycles. The van der Waals surface area contributed by atoms with Crippen molar-refractivity contribution < 1.29 is 14.3 Å². The second kappa shape index (κ2) is 10.1. The van der Waals surface area contributed by atoms with Gasteiger partial charge in [0.05, 0.1) is 31.8 Å². The van der Waals surface area contributed by atoms with E-state index in [2.05, 4.69) is 20.6 Å². The molecule has 29 heavy (non-hydrogen) atoms. The van der Waals surface area contributed by atoms with Gasteiger partial charge in [0.15, 0.2) is 0 Å². The third-order valence-electron chi connectivity index (χ3n) is 4.19. The highest BCUT2D eigenvalue weighted by Crippen LogP contribution is 2.26. The van der Waals surface area contributed by atoms with Gasteiger partial charge in [-0.1, -0.05) is 24.3 Å². The van der Waals surface area contributed by atoms with E-state index >= 15 is 0 Å². The number of ether oxygens (including phenoxy) is 2. The summed E-state index contributed by atoms with van der Waals surface area (Å²) in [5.74, 6) is 1.82. The minimum atomic E-state index is -0.257. The average molecular weight is 392 g/mol. The van der Waals surface area contributed by atoms with E-state index in [1.165, 1.54) is 12.4 Å². The van der Waals surface area contributed by atoms with Gasteiger partial charge in [-0.25, -0.2) is 9.97 Å². The van der Waals surface area contributed by atoms with E-state index in [9.17, 15) is 4.79 Å². The van der Waals surface area contributed by atoms with Crippen LogP contribution in [0.15, 0.2) is 60.9 Å². The zero-order valence-corrected chi connectivity index (χ0v) is 16.5. The van der Waals surface area contributed by atoms with Crippen molar-refractivity contribution in [1.82, 2.24) is 15.3 Å². The molecule has 0 aliphatic carbocycles. The molecule has 7 nitrogen and oxygen atoms in total. The van der Waals surface area contributed by atoms with Gasteiger partial charge in [-0.2, -0.15) is 0 Å². The summed E-state index contributed by atoms with van der Waals surface area (Å²) in [4.78, 5) is 20.8. The summed E-state index contributed by atoms with van der Waals surface area (Å²) in [5.41, 5.74) is 2.17. The summed E-state index contributed by atoms with van der Waals surface area (Å²) < 4.78 is 10.7. The minimum Gasteiger partial charge on any atom is -0.497 e. The molecule has 3 aromatic rings. The zero-order chi connectivity index (χ0) is 20.5. The smallest absolute Gasteiger partial charge is 0.271 e. The Morgan fingerprint density at radius 2 is 1.83 bits per heavy atom. The standard InChI is InChI=1S/C22H24N4O3/c1-3-29-20-7-5-4-6-18(20)26-21-15-24-19(14-25-21)22(27)23-13-12-16-8-10-17(28-2)11-9-16/h4-11,14-15H,3,12-13H2,1-2H3,(H,23,27)(H,25,26). The fourth-order valence-electron chi connectivity index (χ4n) is 2.70. The molecule has 3 rings (SSSR count). The molecule has 2 N–H and O–H groups in total. The van der Waals surface area contributed by atoms with E-state index in [1.54, 1.807) is 7.11 Å². The first-order valence-electron chi connectivity index (χ1n) is 9.41. The molecule has 0 radical (unpaired) electrons.